The third-order valence-electron chi connectivity index (χ3n) is 3.23. The maximum absolute atomic E-state index is 10.1. The van der Waals surface area contributed by atoms with E-state index < -0.39 is 12.2 Å². The Balaban J connectivity index is 3.30. The van der Waals surface area contributed by atoms with Gasteiger partial charge in [-0.1, -0.05) is 0 Å². The number of rotatable bonds is 4. The summed E-state index contributed by atoms with van der Waals surface area (Å²) in [5, 5.41) is 19.7. The fourth-order valence-corrected chi connectivity index (χ4v) is 2.05. The van der Waals surface area contributed by atoms with E-state index in [1.54, 1.807) is 7.11 Å². The molecule has 0 radical (unpaired) electrons. The Morgan fingerprint density at radius 1 is 1.24 bits per heavy atom. The molecule has 0 saturated heterocycles. The zero-order valence-electron chi connectivity index (χ0n) is 10.8. The highest BCUT2D eigenvalue weighted by Crippen LogP contribution is 2.32. The van der Waals surface area contributed by atoms with Crippen LogP contribution in [-0.4, -0.2) is 30.0 Å². The third kappa shape index (κ3) is 2.60. The summed E-state index contributed by atoms with van der Waals surface area (Å²) in [4.78, 5) is 0. The molecule has 0 fully saturated rings. The summed E-state index contributed by atoms with van der Waals surface area (Å²) in [7, 11) is 1.62. The van der Waals surface area contributed by atoms with Gasteiger partial charge in [0.1, 0.15) is 11.9 Å². The van der Waals surface area contributed by atoms with Crippen LogP contribution in [0.1, 0.15) is 28.4 Å². The maximum atomic E-state index is 10.1. The van der Waals surface area contributed by atoms with Crippen LogP contribution in [0.4, 0.5) is 0 Å². The van der Waals surface area contributed by atoms with Gasteiger partial charge >= 0.3 is 0 Å². The molecule has 96 valence electrons. The summed E-state index contributed by atoms with van der Waals surface area (Å²) in [6.07, 6.45) is -1.90. The number of hydrogen-bond donors (Lipinski definition) is 3. The Hall–Kier alpha value is -1.10. The molecule has 0 aliphatic rings. The van der Waals surface area contributed by atoms with Crippen molar-refractivity contribution in [2.24, 2.45) is 5.73 Å². The van der Waals surface area contributed by atoms with E-state index in [0.717, 1.165) is 28.0 Å². The zero-order chi connectivity index (χ0) is 13.2. The molecule has 0 aromatic heterocycles. The number of aryl methyl sites for hydroxylation is 1. The smallest absolute Gasteiger partial charge is 0.122 e. The van der Waals surface area contributed by atoms with E-state index >= 15 is 0 Å². The van der Waals surface area contributed by atoms with Gasteiger partial charge in [-0.25, -0.2) is 0 Å². The average molecular weight is 239 g/mol. The van der Waals surface area contributed by atoms with Gasteiger partial charge in [0.15, 0.2) is 0 Å². The molecule has 2 atom stereocenters. The summed E-state index contributed by atoms with van der Waals surface area (Å²) < 4.78 is 5.26. The predicted molar refractivity (Wildman–Crippen MR) is 67.2 cm³/mol. The first-order valence-corrected chi connectivity index (χ1v) is 5.64. The highest BCUT2D eigenvalue weighted by Gasteiger charge is 2.22. The van der Waals surface area contributed by atoms with E-state index in [1.165, 1.54) is 0 Å². The second kappa shape index (κ2) is 5.49. The minimum absolute atomic E-state index is 0.0329. The van der Waals surface area contributed by atoms with Gasteiger partial charge in [-0.2, -0.15) is 0 Å². The molecule has 1 aromatic carbocycles. The number of nitrogens with two attached hydrogens (primary N) is 1. The van der Waals surface area contributed by atoms with Crippen molar-refractivity contribution in [3.63, 3.8) is 0 Å². The largest absolute Gasteiger partial charge is 0.496 e. The number of aliphatic hydroxyl groups excluding tert-OH is 2. The second-order valence-corrected chi connectivity index (χ2v) is 4.31. The van der Waals surface area contributed by atoms with Crippen LogP contribution in [-0.2, 0) is 0 Å². The van der Waals surface area contributed by atoms with E-state index in [-0.39, 0.29) is 6.54 Å². The fourth-order valence-electron chi connectivity index (χ4n) is 2.05. The van der Waals surface area contributed by atoms with Crippen LogP contribution >= 0.6 is 0 Å². The predicted octanol–water partition coefficient (Wildman–Crippen LogP) is 0.973. The van der Waals surface area contributed by atoms with E-state index in [1.807, 2.05) is 26.8 Å². The zero-order valence-corrected chi connectivity index (χ0v) is 10.8. The van der Waals surface area contributed by atoms with Crippen molar-refractivity contribution < 1.29 is 14.9 Å². The van der Waals surface area contributed by atoms with E-state index in [9.17, 15) is 10.2 Å². The SMILES string of the molecule is COc1cc(C)c(C(O)C(O)CN)c(C)c1C. The molecule has 0 aliphatic heterocycles. The lowest BCUT2D eigenvalue weighted by atomic mass is 9.91. The molecule has 0 spiro atoms. The molecule has 0 bridgehead atoms. The minimum Gasteiger partial charge on any atom is -0.496 e. The molecule has 1 aromatic rings. The van der Waals surface area contributed by atoms with Gasteiger partial charge in [-0.05, 0) is 49.1 Å². The molecule has 0 amide bonds. The van der Waals surface area contributed by atoms with Crippen molar-refractivity contribution >= 4 is 0 Å². The van der Waals surface area contributed by atoms with Crippen molar-refractivity contribution in [1.82, 2.24) is 0 Å². The lowest BCUT2D eigenvalue weighted by molar-refractivity contribution is 0.0235. The Bertz CT molecular complexity index is 404. The first-order chi connectivity index (χ1) is 7.93. The van der Waals surface area contributed by atoms with Crippen LogP contribution in [0.3, 0.4) is 0 Å². The molecule has 0 saturated carbocycles. The molecule has 2 unspecified atom stereocenters. The van der Waals surface area contributed by atoms with Crippen molar-refractivity contribution in [1.29, 1.82) is 0 Å². The maximum Gasteiger partial charge on any atom is 0.122 e. The standard InChI is InChI=1S/C13H21NO3/c1-7-5-11(17-4)8(2)9(3)12(7)13(16)10(15)6-14/h5,10,13,15-16H,6,14H2,1-4H3. The van der Waals surface area contributed by atoms with E-state index in [0.29, 0.717) is 0 Å². The Morgan fingerprint density at radius 3 is 2.29 bits per heavy atom. The summed E-state index contributed by atoms with van der Waals surface area (Å²) in [6, 6.07) is 1.87. The number of methoxy groups -OCH3 is 1. The van der Waals surface area contributed by atoms with Crippen molar-refractivity contribution in [3.05, 3.63) is 28.3 Å². The van der Waals surface area contributed by atoms with Crippen LogP contribution in [0.5, 0.6) is 5.75 Å². The van der Waals surface area contributed by atoms with Gasteiger partial charge in [-0.15, -0.1) is 0 Å². The highest BCUT2D eigenvalue weighted by atomic mass is 16.5. The Morgan fingerprint density at radius 2 is 1.82 bits per heavy atom. The molecule has 0 heterocycles. The molecular weight excluding hydrogens is 218 g/mol. The number of ether oxygens (including phenoxy) is 1. The molecule has 1 rings (SSSR count). The second-order valence-electron chi connectivity index (χ2n) is 4.31. The van der Waals surface area contributed by atoms with Crippen molar-refractivity contribution in [2.75, 3.05) is 13.7 Å². The van der Waals surface area contributed by atoms with E-state index in [2.05, 4.69) is 0 Å². The molecule has 4 nitrogen and oxygen atoms in total. The van der Waals surface area contributed by atoms with Gasteiger partial charge in [0.2, 0.25) is 0 Å². The van der Waals surface area contributed by atoms with Crippen LogP contribution in [0.25, 0.3) is 0 Å². The quantitative estimate of drug-likeness (QED) is 0.732. The number of aliphatic hydroxyl groups is 2. The topological polar surface area (TPSA) is 75.7 Å². The number of hydrogen-bond acceptors (Lipinski definition) is 4. The molecule has 17 heavy (non-hydrogen) atoms. The first-order valence-electron chi connectivity index (χ1n) is 5.64. The van der Waals surface area contributed by atoms with E-state index in [4.69, 9.17) is 10.5 Å². The van der Waals surface area contributed by atoms with Crippen molar-refractivity contribution in [2.45, 2.75) is 33.0 Å². The normalized spacial score (nSPS) is 14.5. The fraction of sp³-hybridized carbons (Fsp3) is 0.538. The average Bonchev–Trinajstić information content (AvgIpc) is 2.32. The van der Waals surface area contributed by atoms with Crippen LogP contribution in [0.2, 0.25) is 0 Å². The summed E-state index contributed by atoms with van der Waals surface area (Å²) in [6.45, 7) is 5.76. The van der Waals surface area contributed by atoms with Gasteiger partial charge in [0.05, 0.1) is 13.2 Å². The summed E-state index contributed by atoms with van der Waals surface area (Å²) in [5.74, 6) is 0.790. The van der Waals surface area contributed by atoms with Crippen molar-refractivity contribution in [3.8, 4) is 5.75 Å². The third-order valence-corrected chi connectivity index (χ3v) is 3.23. The summed E-state index contributed by atoms with van der Waals surface area (Å²) >= 11 is 0. The Labute approximate surface area is 102 Å². The molecule has 0 aliphatic carbocycles. The van der Waals surface area contributed by atoms with Gasteiger partial charge in [-0.3, -0.25) is 0 Å². The van der Waals surface area contributed by atoms with Gasteiger partial charge in [0, 0.05) is 6.54 Å². The van der Waals surface area contributed by atoms with Crippen LogP contribution in [0.15, 0.2) is 6.07 Å². The first kappa shape index (κ1) is 14.0. The molecule has 4 N–H and O–H groups in total. The minimum atomic E-state index is -0.954. The van der Waals surface area contributed by atoms with Crippen LogP contribution < -0.4 is 10.5 Å². The monoisotopic (exact) mass is 239 g/mol. The Kier molecular flexibility index (Phi) is 4.51. The lowest BCUT2D eigenvalue weighted by Gasteiger charge is -2.23. The molecular formula is C13H21NO3. The molecule has 4 heteroatoms. The number of benzene rings is 1. The van der Waals surface area contributed by atoms with Gasteiger partial charge < -0.3 is 20.7 Å². The van der Waals surface area contributed by atoms with Crippen LogP contribution in [0, 0.1) is 20.8 Å². The van der Waals surface area contributed by atoms with Gasteiger partial charge in [0.25, 0.3) is 0 Å². The lowest BCUT2D eigenvalue weighted by Crippen LogP contribution is -2.28. The highest BCUT2D eigenvalue weighted by molar-refractivity contribution is 5.49. The summed E-state index contributed by atoms with van der Waals surface area (Å²) in [5.41, 5.74) is 8.90.